The van der Waals surface area contributed by atoms with Crippen LogP contribution in [-0.2, 0) is 9.47 Å². The molecule has 0 aromatic heterocycles. The Morgan fingerprint density at radius 1 is 0.944 bits per heavy atom. The summed E-state index contributed by atoms with van der Waals surface area (Å²) < 4.78 is 11.3. The molecule has 0 N–H and O–H groups in total. The van der Waals surface area contributed by atoms with Gasteiger partial charge in [-0.1, -0.05) is 0 Å². The standard InChI is InChI=1S/C15H29NO2/c1-3-17-15(18-4-2)9-10-16(11-13-5-6-13)12-14-7-8-14/h13-15H,3-12H2,1-2H3. The topological polar surface area (TPSA) is 21.7 Å². The Hall–Kier alpha value is -0.120. The van der Waals surface area contributed by atoms with Crippen molar-refractivity contribution in [3.8, 4) is 0 Å². The molecule has 2 saturated carbocycles. The molecular formula is C15H29NO2. The first-order valence-electron chi connectivity index (χ1n) is 7.77. The van der Waals surface area contributed by atoms with Crippen LogP contribution in [0.25, 0.3) is 0 Å². The van der Waals surface area contributed by atoms with Crippen molar-refractivity contribution >= 4 is 0 Å². The lowest BCUT2D eigenvalue weighted by atomic mass is 10.2. The molecule has 0 atom stereocenters. The molecule has 2 rings (SSSR count). The van der Waals surface area contributed by atoms with Crippen molar-refractivity contribution in [2.75, 3.05) is 32.8 Å². The molecule has 3 heteroatoms. The van der Waals surface area contributed by atoms with Gasteiger partial charge in [-0.2, -0.15) is 0 Å². The predicted molar refractivity (Wildman–Crippen MR) is 73.5 cm³/mol. The summed E-state index contributed by atoms with van der Waals surface area (Å²) in [5.41, 5.74) is 0. The second-order valence-corrected chi connectivity index (χ2v) is 5.78. The number of ether oxygens (including phenoxy) is 2. The third kappa shape index (κ3) is 5.68. The van der Waals surface area contributed by atoms with E-state index in [-0.39, 0.29) is 6.29 Å². The van der Waals surface area contributed by atoms with Crippen molar-refractivity contribution < 1.29 is 9.47 Å². The molecule has 0 aliphatic heterocycles. The third-order valence-corrected chi connectivity index (χ3v) is 3.81. The summed E-state index contributed by atoms with van der Waals surface area (Å²) in [4.78, 5) is 2.65. The Morgan fingerprint density at radius 3 is 1.83 bits per heavy atom. The van der Waals surface area contributed by atoms with Crippen LogP contribution in [0.3, 0.4) is 0 Å². The van der Waals surface area contributed by atoms with Gasteiger partial charge in [-0.05, 0) is 51.4 Å². The fourth-order valence-corrected chi connectivity index (χ4v) is 2.46. The molecule has 0 unspecified atom stereocenters. The highest BCUT2D eigenvalue weighted by molar-refractivity contribution is 4.82. The Bertz CT molecular complexity index is 207. The lowest BCUT2D eigenvalue weighted by molar-refractivity contribution is -0.141. The molecule has 106 valence electrons. The van der Waals surface area contributed by atoms with E-state index < -0.39 is 0 Å². The number of nitrogens with zero attached hydrogens (tertiary/aromatic N) is 1. The van der Waals surface area contributed by atoms with Gasteiger partial charge in [0.25, 0.3) is 0 Å². The van der Waals surface area contributed by atoms with E-state index in [0.717, 1.165) is 38.0 Å². The van der Waals surface area contributed by atoms with Crippen LogP contribution in [0.1, 0.15) is 46.0 Å². The van der Waals surface area contributed by atoms with E-state index in [1.807, 2.05) is 13.8 Å². The van der Waals surface area contributed by atoms with Crippen molar-refractivity contribution in [2.45, 2.75) is 52.2 Å². The number of hydrogen-bond acceptors (Lipinski definition) is 3. The zero-order valence-electron chi connectivity index (χ0n) is 12.1. The third-order valence-electron chi connectivity index (χ3n) is 3.81. The monoisotopic (exact) mass is 255 g/mol. The minimum atomic E-state index is 0.000839. The highest BCUT2D eigenvalue weighted by Gasteiger charge is 2.29. The molecule has 0 saturated heterocycles. The Labute approximate surface area is 112 Å². The van der Waals surface area contributed by atoms with Gasteiger partial charge in [0.1, 0.15) is 0 Å². The summed E-state index contributed by atoms with van der Waals surface area (Å²) >= 11 is 0. The molecule has 3 nitrogen and oxygen atoms in total. The second-order valence-electron chi connectivity index (χ2n) is 5.78. The van der Waals surface area contributed by atoms with Gasteiger partial charge in [-0.25, -0.2) is 0 Å². The molecular weight excluding hydrogens is 226 g/mol. The average molecular weight is 255 g/mol. The van der Waals surface area contributed by atoms with Crippen molar-refractivity contribution in [1.29, 1.82) is 0 Å². The fraction of sp³-hybridized carbons (Fsp3) is 1.00. The molecule has 0 aromatic rings. The average Bonchev–Trinajstić information content (AvgIpc) is 3.21. The summed E-state index contributed by atoms with van der Waals surface area (Å²) in [6.45, 7) is 9.32. The Kier molecular flexibility index (Phi) is 5.93. The first-order chi connectivity index (χ1) is 8.81. The van der Waals surface area contributed by atoms with Crippen molar-refractivity contribution in [3.05, 3.63) is 0 Å². The van der Waals surface area contributed by atoms with E-state index in [2.05, 4.69) is 4.90 Å². The van der Waals surface area contributed by atoms with E-state index in [4.69, 9.17) is 9.47 Å². The van der Waals surface area contributed by atoms with Crippen LogP contribution in [0.5, 0.6) is 0 Å². The van der Waals surface area contributed by atoms with Gasteiger partial charge in [0.05, 0.1) is 0 Å². The molecule has 18 heavy (non-hydrogen) atoms. The van der Waals surface area contributed by atoms with Gasteiger partial charge in [-0.15, -0.1) is 0 Å². The zero-order valence-corrected chi connectivity index (χ0v) is 12.1. The molecule has 0 amide bonds. The van der Waals surface area contributed by atoms with Gasteiger partial charge in [-0.3, -0.25) is 0 Å². The zero-order chi connectivity index (χ0) is 12.8. The molecule has 2 aliphatic carbocycles. The summed E-state index contributed by atoms with van der Waals surface area (Å²) in [7, 11) is 0. The van der Waals surface area contributed by atoms with Crippen LogP contribution >= 0.6 is 0 Å². The quantitative estimate of drug-likeness (QED) is 0.530. The largest absolute Gasteiger partial charge is 0.353 e. The van der Waals surface area contributed by atoms with Crippen LogP contribution in [0.15, 0.2) is 0 Å². The van der Waals surface area contributed by atoms with Crippen molar-refractivity contribution in [2.24, 2.45) is 11.8 Å². The minimum Gasteiger partial charge on any atom is -0.353 e. The molecule has 2 fully saturated rings. The van der Waals surface area contributed by atoms with Crippen LogP contribution in [0.4, 0.5) is 0 Å². The van der Waals surface area contributed by atoms with Crippen LogP contribution < -0.4 is 0 Å². The smallest absolute Gasteiger partial charge is 0.158 e. The lowest BCUT2D eigenvalue weighted by Gasteiger charge is -2.25. The normalized spacial score (nSPS) is 20.0. The minimum absolute atomic E-state index is 0.000839. The van der Waals surface area contributed by atoms with E-state index in [0.29, 0.717) is 0 Å². The van der Waals surface area contributed by atoms with Crippen molar-refractivity contribution in [3.63, 3.8) is 0 Å². The van der Waals surface area contributed by atoms with Gasteiger partial charge in [0, 0.05) is 39.3 Å². The maximum absolute atomic E-state index is 5.63. The Morgan fingerprint density at radius 2 is 1.44 bits per heavy atom. The molecule has 0 spiro atoms. The molecule has 0 bridgehead atoms. The van der Waals surface area contributed by atoms with Gasteiger partial charge >= 0.3 is 0 Å². The van der Waals surface area contributed by atoms with E-state index in [1.165, 1.54) is 38.8 Å². The lowest BCUT2D eigenvalue weighted by Crippen LogP contribution is -2.32. The summed E-state index contributed by atoms with van der Waals surface area (Å²) in [5.74, 6) is 1.97. The van der Waals surface area contributed by atoms with Gasteiger partial charge in [0.2, 0.25) is 0 Å². The maximum atomic E-state index is 5.63. The maximum Gasteiger partial charge on any atom is 0.158 e. The van der Waals surface area contributed by atoms with E-state index >= 15 is 0 Å². The molecule has 2 aliphatic rings. The van der Waals surface area contributed by atoms with Crippen LogP contribution in [0, 0.1) is 11.8 Å². The van der Waals surface area contributed by atoms with Crippen LogP contribution in [-0.4, -0.2) is 44.0 Å². The van der Waals surface area contributed by atoms with Gasteiger partial charge in [0.15, 0.2) is 6.29 Å². The van der Waals surface area contributed by atoms with Crippen molar-refractivity contribution in [1.82, 2.24) is 4.90 Å². The highest BCUT2D eigenvalue weighted by Crippen LogP contribution is 2.33. The SMILES string of the molecule is CCOC(CCN(CC1CC1)CC1CC1)OCC. The highest BCUT2D eigenvalue weighted by atomic mass is 16.7. The molecule has 0 aromatic carbocycles. The Balaban J connectivity index is 1.67. The second kappa shape index (κ2) is 7.46. The molecule has 0 radical (unpaired) electrons. The molecule has 0 heterocycles. The summed E-state index contributed by atoms with van der Waals surface area (Å²) in [5, 5.41) is 0. The first kappa shape index (κ1) is 14.3. The fourth-order valence-electron chi connectivity index (χ4n) is 2.46. The van der Waals surface area contributed by atoms with E-state index in [9.17, 15) is 0 Å². The number of rotatable bonds is 11. The number of hydrogen-bond donors (Lipinski definition) is 0. The van der Waals surface area contributed by atoms with Gasteiger partial charge < -0.3 is 14.4 Å². The summed E-state index contributed by atoms with van der Waals surface area (Å²) in [6, 6.07) is 0. The predicted octanol–water partition coefficient (Wildman–Crippen LogP) is 2.90. The van der Waals surface area contributed by atoms with E-state index in [1.54, 1.807) is 0 Å². The first-order valence-corrected chi connectivity index (χ1v) is 7.77. The summed E-state index contributed by atoms with van der Waals surface area (Å²) in [6.07, 6.45) is 6.80. The van der Waals surface area contributed by atoms with Crippen LogP contribution in [0.2, 0.25) is 0 Å².